The van der Waals surface area contributed by atoms with Gasteiger partial charge >= 0.3 is 0 Å². The molecule has 3 atom stereocenters. The van der Waals surface area contributed by atoms with Crippen LogP contribution in [0.15, 0.2) is 48.6 Å². The largest absolute Gasteiger partial charge is 0.494 e. The van der Waals surface area contributed by atoms with Gasteiger partial charge in [-0.3, -0.25) is 10.1 Å². The number of fused-ring (bicyclic) bond motifs is 3. The zero-order valence-electron chi connectivity index (χ0n) is 16.6. The summed E-state index contributed by atoms with van der Waals surface area (Å²) < 4.78 is 5.96. The monoisotopic (exact) mass is 412 g/mol. The molecule has 0 amide bonds. The minimum absolute atomic E-state index is 0.00817. The number of nitrogens with one attached hydrogen (secondary N) is 1. The van der Waals surface area contributed by atoms with Gasteiger partial charge in [0.15, 0.2) is 0 Å². The van der Waals surface area contributed by atoms with E-state index in [0.29, 0.717) is 18.4 Å². The maximum absolute atomic E-state index is 11.3. The van der Waals surface area contributed by atoms with Crippen molar-refractivity contribution in [1.29, 1.82) is 0 Å². The van der Waals surface area contributed by atoms with E-state index in [1.807, 2.05) is 12.1 Å². The number of nitrogens with zero attached hydrogens (tertiary/aromatic N) is 1. The number of hydrogen-bond acceptors (Lipinski definition) is 4. The van der Waals surface area contributed by atoms with Crippen molar-refractivity contribution in [3.63, 3.8) is 0 Å². The first kappa shape index (κ1) is 19.8. The normalized spacial score (nSPS) is 22.1. The number of benzene rings is 2. The molecule has 0 radical (unpaired) electrons. The van der Waals surface area contributed by atoms with Crippen molar-refractivity contribution in [2.45, 2.75) is 38.6 Å². The average molecular weight is 413 g/mol. The molecular weight excluding hydrogens is 388 g/mol. The van der Waals surface area contributed by atoms with Crippen molar-refractivity contribution in [2.24, 2.45) is 11.8 Å². The summed E-state index contributed by atoms with van der Waals surface area (Å²) >= 11 is 6.01. The molecule has 29 heavy (non-hydrogen) atoms. The van der Waals surface area contributed by atoms with E-state index < -0.39 is 4.92 Å². The van der Waals surface area contributed by atoms with Crippen molar-refractivity contribution in [3.05, 3.63) is 74.8 Å². The number of ether oxygens (including phenoxy) is 1. The zero-order valence-corrected chi connectivity index (χ0v) is 17.4. The molecule has 1 aliphatic heterocycles. The van der Waals surface area contributed by atoms with Crippen molar-refractivity contribution in [1.82, 2.24) is 0 Å². The summed E-state index contributed by atoms with van der Waals surface area (Å²) in [6.07, 6.45) is 6.41. The molecule has 0 saturated carbocycles. The second-order valence-corrected chi connectivity index (χ2v) is 8.63. The molecule has 1 heterocycles. The number of halogens is 1. The van der Waals surface area contributed by atoms with Crippen LogP contribution in [0.5, 0.6) is 5.75 Å². The number of nitro groups is 1. The Morgan fingerprint density at radius 3 is 2.86 bits per heavy atom. The molecule has 0 aromatic heterocycles. The molecule has 0 bridgehead atoms. The smallest absolute Gasteiger partial charge is 0.288 e. The number of hydrogen-bond donors (Lipinski definition) is 1. The minimum atomic E-state index is -0.423. The Balaban J connectivity index is 1.63. The van der Waals surface area contributed by atoms with Gasteiger partial charge in [0.05, 0.1) is 17.6 Å². The first-order valence-electron chi connectivity index (χ1n) is 10.1. The number of nitro benzene ring substituents is 1. The van der Waals surface area contributed by atoms with Crippen LogP contribution >= 0.6 is 11.6 Å². The average Bonchev–Trinajstić information content (AvgIpc) is 3.17. The van der Waals surface area contributed by atoms with Gasteiger partial charge in [0.2, 0.25) is 0 Å². The Morgan fingerprint density at radius 2 is 2.10 bits per heavy atom. The van der Waals surface area contributed by atoms with E-state index in [2.05, 4.69) is 43.4 Å². The third-order valence-corrected chi connectivity index (χ3v) is 6.14. The van der Waals surface area contributed by atoms with Crippen LogP contribution < -0.4 is 10.1 Å². The van der Waals surface area contributed by atoms with Crippen LogP contribution in [-0.2, 0) is 0 Å². The third kappa shape index (κ3) is 3.97. The van der Waals surface area contributed by atoms with Gasteiger partial charge in [-0.15, -0.1) is 0 Å². The van der Waals surface area contributed by atoms with Crippen LogP contribution in [0.1, 0.15) is 49.8 Å². The Labute approximate surface area is 175 Å². The lowest BCUT2D eigenvalue weighted by molar-refractivity contribution is -0.384. The Kier molecular flexibility index (Phi) is 5.50. The molecular formula is C23H25ClN2O3. The van der Waals surface area contributed by atoms with Crippen LogP contribution in [0.4, 0.5) is 11.4 Å². The van der Waals surface area contributed by atoms with Crippen LogP contribution in [0.25, 0.3) is 0 Å². The van der Waals surface area contributed by atoms with Crippen molar-refractivity contribution in [2.75, 3.05) is 11.9 Å². The third-order valence-electron chi connectivity index (χ3n) is 5.82. The van der Waals surface area contributed by atoms with E-state index in [9.17, 15) is 10.1 Å². The lowest BCUT2D eigenvalue weighted by Crippen LogP contribution is -2.29. The lowest BCUT2D eigenvalue weighted by atomic mass is 9.77. The highest BCUT2D eigenvalue weighted by atomic mass is 35.5. The minimum Gasteiger partial charge on any atom is -0.494 e. The Hall–Kier alpha value is -2.53. The first-order valence-corrected chi connectivity index (χ1v) is 10.5. The van der Waals surface area contributed by atoms with Gasteiger partial charge in [0, 0.05) is 17.7 Å². The van der Waals surface area contributed by atoms with E-state index in [1.165, 1.54) is 5.56 Å². The first-order chi connectivity index (χ1) is 13.9. The molecule has 4 rings (SSSR count). The van der Waals surface area contributed by atoms with Crippen LogP contribution in [-0.4, -0.2) is 11.5 Å². The quantitative estimate of drug-likeness (QED) is 0.334. The molecule has 6 heteroatoms. The fourth-order valence-corrected chi connectivity index (χ4v) is 4.45. The second-order valence-electron chi connectivity index (χ2n) is 8.22. The maximum Gasteiger partial charge on any atom is 0.288 e. The molecule has 1 aliphatic carbocycles. The molecule has 2 aromatic carbocycles. The van der Waals surface area contributed by atoms with Crippen molar-refractivity contribution < 1.29 is 9.66 Å². The van der Waals surface area contributed by atoms with Gasteiger partial charge in [-0.2, -0.15) is 0 Å². The Morgan fingerprint density at radius 1 is 1.28 bits per heavy atom. The maximum atomic E-state index is 11.3. The molecule has 0 saturated heterocycles. The Bertz CT molecular complexity index is 957. The van der Waals surface area contributed by atoms with Gasteiger partial charge < -0.3 is 10.1 Å². The summed E-state index contributed by atoms with van der Waals surface area (Å²) in [5.74, 6) is 2.07. The standard InChI is InChI=1S/C23H25ClN2O3/c1-14(2)10-11-29-16-7-9-21-19(13-16)17-4-3-5-18(17)23(25-21)15-6-8-20(24)22(12-15)26(27)28/h3-4,6-9,12-14,17-18,23,25H,5,10-11H2,1-2H3. The van der Waals surface area contributed by atoms with Gasteiger partial charge in [-0.25, -0.2) is 0 Å². The summed E-state index contributed by atoms with van der Waals surface area (Å²) in [6, 6.07) is 11.3. The predicted octanol–water partition coefficient (Wildman–Crippen LogP) is 6.50. The van der Waals surface area contributed by atoms with Gasteiger partial charge in [0.25, 0.3) is 5.69 Å². The summed E-state index contributed by atoms with van der Waals surface area (Å²) in [5.41, 5.74) is 3.12. The number of allylic oxidation sites excluding steroid dienone is 2. The van der Waals surface area contributed by atoms with Gasteiger partial charge in [-0.1, -0.05) is 43.7 Å². The SMILES string of the molecule is CC(C)CCOc1ccc2c(c1)C1C=CCC1C(c1ccc(Cl)c([N+](=O)[O-])c1)N2. The summed E-state index contributed by atoms with van der Waals surface area (Å²) in [6.45, 7) is 5.09. The predicted molar refractivity (Wildman–Crippen MR) is 116 cm³/mol. The van der Waals surface area contributed by atoms with E-state index in [4.69, 9.17) is 16.3 Å². The molecule has 0 fully saturated rings. The second kappa shape index (κ2) is 8.07. The van der Waals surface area contributed by atoms with E-state index in [-0.39, 0.29) is 22.7 Å². The molecule has 2 aromatic rings. The van der Waals surface area contributed by atoms with Crippen molar-refractivity contribution >= 4 is 23.0 Å². The van der Waals surface area contributed by atoms with E-state index in [0.717, 1.165) is 29.8 Å². The highest BCUT2D eigenvalue weighted by molar-refractivity contribution is 6.32. The van der Waals surface area contributed by atoms with E-state index in [1.54, 1.807) is 12.1 Å². The summed E-state index contributed by atoms with van der Waals surface area (Å²) in [5, 5.41) is 15.1. The topological polar surface area (TPSA) is 64.4 Å². The van der Waals surface area contributed by atoms with E-state index >= 15 is 0 Å². The van der Waals surface area contributed by atoms with Crippen molar-refractivity contribution in [3.8, 4) is 5.75 Å². The fourth-order valence-electron chi connectivity index (χ4n) is 4.27. The number of anilines is 1. The lowest BCUT2D eigenvalue weighted by Gasteiger charge is -2.37. The highest BCUT2D eigenvalue weighted by Crippen LogP contribution is 2.51. The molecule has 5 nitrogen and oxygen atoms in total. The summed E-state index contributed by atoms with van der Waals surface area (Å²) in [7, 11) is 0. The molecule has 2 aliphatic rings. The molecule has 0 spiro atoms. The van der Waals surface area contributed by atoms with Crippen LogP contribution in [0.2, 0.25) is 5.02 Å². The van der Waals surface area contributed by atoms with Gasteiger partial charge in [-0.05, 0) is 60.1 Å². The van der Waals surface area contributed by atoms with Crippen LogP contribution in [0, 0.1) is 22.0 Å². The fraction of sp³-hybridized carbons (Fsp3) is 0.391. The highest BCUT2D eigenvalue weighted by Gasteiger charge is 2.38. The molecule has 1 N–H and O–H groups in total. The number of rotatable bonds is 6. The molecule has 152 valence electrons. The molecule has 3 unspecified atom stereocenters. The zero-order chi connectivity index (χ0) is 20.5. The van der Waals surface area contributed by atoms with Gasteiger partial charge in [0.1, 0.15) is 10.8 Å². The summed E-state index contributed by atoms with van der Waals surface area (Å²) in [4.78, 5) is 10.9. The van der Waals surface area contributed by atoms with Crippen LogP contribution in [0.3, 0.4) is 0 Å².